The molecule has 14 heteroatoms. The van der Waals surface area contributed by atoms with Crippen LogP contribution in [0.4, 0.5) is 5.69 Å². The maximum atomic E-state index is 14.5. The van der Waals surface area contributed by atoms with Crippen molar-refractivity contribution in [1.82, 2.24) is 25.3 Å². The normalized spacial score (nSPS) is 18.2. The van der Waals surface area contributed by atoms with Crippen LogP contribution in [0, 0.1) is 23.7 Å². The summed E-state index contributed by atoms with van der Waals surface area (Å²) in [6.07, 6.45) is 1.46. The first-order chi connectivity index (χ1) is 28.9. The summed E-state index contributed by atoms with van der Waals surface area (Å²) < 4.78 is 12.0. The summed E-state index contributed by atoms with van der Waals surface area (Å²) in [4.78, 5) is 74.0. The fourth-order valence-electron chi connectivity index (χ4n) is 8.77. The van der Waals surface area contributed by atoms with E-state index < -0.39 is 60.2 Å². The summed E-state index contributed by atoms with van der Waals surface area (Å²) in [5.41, 5.74) is 8.46. The maximum Gasteiger partial charge on any atom is 0.326 e. The number of likely N-dealkylation sites (N-methyl/N-ethyl adjacent to an activating group) is 2. The second kappa shape index (κ2) is 24.2. The molecule has 1 heterocycles. The number of aliphatic carboxylic acids is 1. The van der Waals surface area contributed by atoms with Gasteiger partial charge in [0.15, 0.2) is 0 Å². The van der Waals surface area contributed by atoms with Gasteiger partial charge in [-0.15, -0.1) is 0 Å². The zero-order valence-corrected chi connectivity index (χ0v) is 38.4. The molecule has 0 saturated carbocycles. The average Bonchev–Trinajstić information content (AvgIpc) is 3.71. The highest BCUT2D eigenvalue weighted by Gasteiger charge is 2.43. The number of ether oxygens (including phenoxy) is 2. The van der Waals surface area contributed by atoms with Crippen LogP contribution in [0.5, 0.6) is 0 Å². The van der Waals surface area contributed by atoms with Gasteiger partial charge in [0.1, 0.15) is 12.1 Å². The molecule has 2 aromatic carbocycles. The van der Waals surface area contributed by atoms with E-state index in [0.29, 0.717) is 38.0 Å². The highest BCUT2D eigenvalue weighted by molar-refractivity contribution is 5.90. The molecule has 1 saturated heterocycles. The van der Waals surface area contributed by atoms with Crippen molar-refractivity contribution in [2.75, 3.05) is 47.1 Å². The van der Waals surface area contributed by atoms with Gasteiger partial charge in [0.05, 0.1) is 42.7 Å². The number of carboxylic acids is 1. The summed E-state index contributed by atoms with van der Waals surface area (Å²) in [7, 11) is 6.69. The van der Waals surface area contributed by atoms with Crippen molar-refractivity contribution in [3.8, 4) is 0 Å². The molecule has 0 radical (unpaired) electrons. The SMILES string of the molecule is CC[C@H](C)[C@@H]([C@@H](CC(=O)N1CCC[C@H]1[C@H](OC)[C@@H](C)C(=O)N[C@@H](Cc1ccccc1)C(=O)O)OC)N(C)C(=O)[C@@H](NC(=O)[C@H](C(C)C)N(C)CCc1ccc(N)cc1)C(C)C. The molecule has 340 valence electrons. The number of hydrogen-bond donors (Lipinski definition) is 4. The van der Waals surface area contributed by atoms with Gasteiger partial charge in [-0.2, -0.15) is 0 Å². The summed E-state index contributed by atoms with van der Waals surface area (Å²) in [6, 6.07) is 13.4. The third-order valence-corrected chi connectivity index (χ3v) is 12.5. The zero-order chi connectivity index (χ0) is 45.6. The molecule has 1 aliphatic heterocycles. The maximum absolute atomic E-state index is 14.5. The molecular weight excluding hydrogens is 777 g/mol. The second-order valence-corrected chi connectivity index (χ2v) is 17.6. The Morgan fingerprint density at radius 2 is 1.51 bits per heavy atom. The first-order valence-corrected chi connectivity index (χ1v) is 21.9. The van der Waals surface area contributed by atoms with E-state index in [2.05, 4.69) is 10.6 Å². The minimum Gasteiger partial charge on any atom is -0.480 e. The molecule has 0 spiro atoms. The number of rotatable bonds is 24. The van der Waals surface area contributed by atoms with Gasteiger partial charge in [-0.05, 0) is 67.3 Å². The highest BCUT2D eigenvalue weighted by Crippen LogP contribution is 2.30. The zero-order valence-electron chi connectivity index (χ0n) is 38.4. The number of amides is 4. The van der Waals surface area contributed by atoms with E-state index in [9.17, 15) is 29.1 Å². The molecule has 5 N–H and O–H groups in total. The van der Waals surface area contributed by atoms with Gasteiger partial charge in [0.2, 0.25) is 23.6 Å². The van der Waals surface area contributed by atoms with E-state index in [-0.39, 0.29) is 48.3 Å². The molecule has 4 amide bonds. The fourth-order valence-corrected chi connectivity index (χ4v) is 8.77. The Balaban J connectivity index is 1.76. The van der Waals surface area contributed by atoms with E-state index in [4.69, 9.17) is 15.2 Å². The number of carboxylic acid groups (broad SMARTS) is 1. The Kier molecular flexibility index (Phi) is 20.2. The van der Waals surface area contributed by atoms with Crippen LogP contribution in [-0.4, -0.2) is 133 Å². The molecule has 2 aromatic rings. The Morgan fingerprint density at radius 1 is 0.869 bits per heavy atom. The number of nitrogens with one attached hydrogen (secondary N) is 2. The highest BCUT2D eigenvalue weighted by atomic mass is 16.5. The van der Waals surface area contributed by atoms with Gasteiger partial charge >= 0.3 is 5.97 Å². The molecule has 0 bridgehead atoms. The van der Waals surface area contributed by atoms with Gasteiger partial charge in [0, 0.05) is 46.5 Å². The number of hydrogen-bond acceptors (Lipinski definition) is 9. The lowest BCUT2D eigenvalue weighted by molar-refractivity contribution is -0.148. The molecule has 61 heavy (non-hydrogen) atoms. The van der Waals surface area contributed by atoms with Crippen molar-refractivity contribution in [2.45, 2.75) is 129 Å². The standard InChI is InChI=1S/C47H74N6O8/c1-12-31(6)42(52(9)46(57)40(29(2)3)50-45(56)41(30(4)5)51(8)26-24-33-20-22-35(48)23-21-33)38(60-10)28-39(54)53-25-16-19-37(53)43(61-11)32(7)44(55)49-36(47(58)59)27-34-17-14-13-15-18-34/h13-15,17-18,20-23,29-32,36-38,40-43H,12,16,19,24-28,48H2,1-11H3,(H,49,55)(H,50,56)(H,58,59)/t31-,32+,36-,37-,38+,40-,41-,42-,43+/m0/s1. The van der Waals surface area contributed by atoms with Crippen molar-refractivity contribution in [3.63, 3.8) is 0 Å². The van der Waals surface area contributed by atoms with Crippen LogP contribution in [-0.2, 0) is 46.3 Å². The second-order valence-electron chi connectivity index (χ2n) is 17.6. The summed E-state index contributed by atoms with van der Waals surface area (Å²) in [5.74, 6) is -3.39. The van der Waals surface area contributed by atoms with Crippen molar-refractivity contribution >= 4 is 35.3 Å². The fraction of sp³-hybridized carbons (Fsp3) is 0.638. The molecule has 0 aromatic heterocycles. The number of nitrogens with zero attached hydrogens (tertiary/aromatic N) is 3. The van der Waals surface area contributed by atoms with Gasteiger partial charge < -0.3 is 40.7 Å². The van der Waals surface area contributed by atoms with E-state index in [1.807, 2.05) is 108 Å². The molecule has 0 unspecified atom stereocenters. The molecular formula is C47H74N6O8. The molecule has 9 atom stereocenters. The number of methoxy groups -OCH3 is 2. The third kappa shape index (κ3) is 14.0. The lowest BCUT2D eigenvalue weighted by Crippen LogP contribution is -2.60. The topological polar surface area (TPSA) is 184 Å². The Bertz CT molecular complexity index is 1710. The smallest absolute Gasteiger partial charge is 0.326 e. The van der Waals surface area contributed by atoms with Crippen LogP contribution >= 0.6 is 0 Å². The largest absolute Gasteiger partial charge is 0.480 e. The predicted octanol–water partition coefficient (Wildman–Crippen LogP) is 4.64. The van der Waals surface area contributed by atoms with Gasteiger partial charge in [-0.25, -0.2) is 4.79 Å². The van der Waals surface area contributed by atoms with Crippen LogP contribution in [0.25, 0.3) is 0 Å². The Morgan fingerprint density at radius 3 is 2.05 bits per heavy atom. The summed E-state index contributed by atoms with van der Waals surface area (Å²) in [6.45, 7) is 14.7. The molecule has 0 aliphatic carbocycles. The lowest BCUT2D eigenvalue weighted by Gasteiger charge is -2.41. The molecule has 14 nitrogen and oxygen atoms in total. The predicted molar refractivity (Wildman–Crippen MR) is 238 cm³/mol. The first kappa shape index (κ1) is 50.8. The number of nitrogens with two attached hydrogens (primary N) is 1. The Labute approximate surface area is 364 Å². The number of benzene rings is 2. The van der Waals surface area contributed by atoms with E-state index in [1.54, 1.807) is 30.9 Å². The number of anilines is 1. The minimum atomic E-state index is -1.14. The Hall–Kier alpha value is -4.53. The third-order valence-electron chi connectivity index (χ3n) is 12.5. The van der Waals surface area contributed by atoms with E-state index >= 15 is 0 Å². The number of carbonyl (C=O) groups excluding carboxylic acids is 4. The number of carbonyl (C=O) groups is 5. The molecule has 3 rings (SSSR count). The van der Waals surface area contributed by atoms with Crippen molar-refractivity contribution < 1.29 is 38.6 Å². The minimum absolute atomic E-state index is 0.0261. The molecule has 1 aliphatic rings. The van der Waals surface area contributed by atoms with Crippen molar-refractivity contribution in [2.24, 2.45) is 23.7 Å². The van der Waals surface area contributed by atoms with Gasteiger partial charge in [0.25, 0.3) is 0 Å². The van der Waals surface area contributed by atoms with E-state index in [1.165, 1.54) is 7.11 Å². The first-order valence-electron chi connectivity index (χ1n) is 21.9. The van der Waals surface area contributed by atoms with Crippen molar-refractivity contribution in [1.29, 1.82) is 0 Å². The monoisotopic (exact) mass is 851 g/mol. The summed E-state index contributed by atoms with van der Waals surface area (Å²) >= 11 is 0. The summed E-state index contributed by atoms with van der Waals surface area (Å²) in [5, 5.41) is 15.7. The lowest BCUT2D eigenvalue weighted by atomic mass is 9.89. The van der Waals surface area contributed by atoms with Crippen molar-refractivity contribution in [3.05, 3.63) is 65.7 Å². The van der Waals surface area contributed by atoms with Crippen LogP contribution in [0.1, 0.15) is 85.3 Å². The van der Waals surface area contributed by atoms with Gasteiger partial charge in [-0.3, -0.25) is 24.1 Å². The van der Waals surface area contributed by atoms with Crippen LogP contribution in [0.15, 0.2) is 54.6 Å². The van der Waals surface area contributed by atoms with E-state index in [0.717, 1.165) is 17.5 Å². The average molecular weight is 851 g/mol. The van der Waals surface area contributed by atoms with Crippen LogP contribution < -0.4 is 16.4 Å². The molecule has 1 fully saturated rings. The van der Waals surface area contributed by atoms with Crippen LogP contribution in [0.2, 0.25) is 0 Å². The number of likely N-dealkylation sites (tertiary alicyclic amines) is 1. The number of nitrogen functional groups attached to an aromatic ring is 1. The van der Waals surface area contributed by atoms with Crippen LogP contribution in [0.3, 0.4) is 0 Å². The quantitative estimate of drug-likeness (QED) is 0.109. The van der Waals surface area contributed by atoms with Gasteiger partial charge in [-0.1, -0.05) is 97.4 Å².